The van der Waals surface area contributed by atoms with Gasteiger partial charge in [0.05, 0.1) is 16.8 Å². The predicted molar refractivity (Wildman–Crippen MR) is 169 cm³/mol. The summed E-state index contributed by atoms with van der Waals surface area (Å²) in [5, 5.41) is 25.2. The molecule has 3 aromatic carbocycles. The van der Waals surface area contributed by atoms with Crippen LogP contribution >= 0.6 is 12.0 Å². The predicted octanol–water partition coefficient (Wildman–Crippen LogP) is 1.38. The third-order valence-electron chi connectivity index (χ3n) is 7.18. The van der Waals surface area contributed by atoms with E-state index in [4.69, 9.17) is 4.74 Å². The molecule has 5 rings (SSSR count). The van der Waals surface area contributed by atoms with Crippen molar-refractivity contribution in [2.75, 3.05) is 23.0 Å². The van der Waals surface area contributed by atoms with E-state index in [1.165, 1.54) is 0 Å². The number of para-hydroxylation sites is 1. The smallest absolute Gasteiger partial charge is 0.707 e. The largest absolute Gasteiger partial charge is 1.00 e. The zero-order valence-electron chi connectivity index (χ0n) is 25.4. The SMILES string of the molecule is CC(C=Cc1cc[n+](CCCSOO[O-])c2ccccc12)=CC=C1Oc2ccc(-c3ccccc3)cc2N1CCS(=O)(=O)O[O-].[K+]. The van der Waals surface area contributed by atoms with Crippen LogP contribution in [-0.4, -0.2) is 26.5 Å². The van der Waals surface area contributed by atoms with Gasteiger partial charge in [0.15, 0.2) is 11.9 Å². The Morgan fingerprint density at radius 2 is 1.80 bits per heavy atom. The molecule has 1 aliphatic heterocycles. The van der Waals surface area contributed by atoms with Crippen LogP contribution in [0.25, 0.3) is 28.1 Å². The Balaban J connectivity index is 0.00000480. The minimum absolute atomic E-state index is 0. The van der Waals surface area contributed by atoms with Gasteiger partial charge in [0.2, 0.25) is 11.4 Å². The molecular weight excluding hydrogens is 656 g/mol. The van der Waals surface area contributed by atoms with Crippen LogP contribution in [0.4, 0.5) is 5.69 Å². The van der Waals surface area contributed by atoms with Gasteiger partial charge in [-0.15, -0.1) is 0 Å². The maximum Gasteiger partial charge on any atom is 1.00 e. The molecule has 0 fully saturated rings. The maximum absolute atomic E-state index is 11.9. The van der Waals surface area contributed by atoms with Gasteiger partial charge in [0, 0.05) is 42.9 Å². The van der Waals surface area contributed by atoms with Crippen LogP contribution in [0.5, 0.6) is 5.75 Å². The molecule has 0 saturated carbocycles. The van der Waals surface area contributed by atoms with E-state index in [-0.39, 0.29) is 57.9 Å². The molecule has 0 bridgehead atoms. The van der Waals surface area contributed by atoms with E-state index >= 15 is 0 Å². The van der Waals surface area contributed by atoms with Crippen LogP contribution in [0.2, 0.25) is 0 Å². The number of hydrogen-bond donors (Lipinski definition) is 0. The molecule has 0 radical (unpaired) electrons. The molecule has 0 amide bonds. The van der Waals surface area contributed by atoms with Crippen molar-refractivity contribution in [3.8, 4) is 16.9 Å². The normalized spacial score (nSPS) is 14.1. The van der Waals surface area contributed by atoms with Crippen molar-refractivity contribution in [3.05, 3.63) is 120 Å². The standard InChI is InChI=1S/C33H32N2O8S2.K/c1-25(12-14-27-18-20-34(19-7-22-44-43-41-36)30-11-6-5-10-29(27)30)13-17-33-35(21-23-45(38,39)42-37)31-24-28(15-16-32(31)40-33)26-8-3-2-4-9-26;/h2-6,8-18,20,24H,7,19,21-23H2,1H3,(H-,36,37);/q;+1/p-1. The molecule has 0 aliphatic carbocycles. The number of pyridine rings is 1. The first kappa shape index (κ1) is 36.5. The fourth-order valence-electron chi connectivity index (χ4n) is 4.98. The summed E-state index contributed by atoms with van der Waals surface area (Å²) < 4.78 is 39.8. The van der Waals surface area contributed by atoms with Crippen LogP contribution in [-0.2, 0) is 30.4 Å². The van der Waals surface area contributed by atoms with Crippen LogP contribution in [0.1, 0.15) is 18.9 Å². The number of fused-ring (bicyclic) bond motifs is 2. The number of rotatable bonds is 14. The Morgan fingerprint density at radius 1 is 1.02 bits per heavy atom. The van der Waals surface area contributed by atoms with Crippen molar-refractivity contribution in [2.24, 2.45) is 0 Å². The molecule has 0 saturated heterocycles. The van der Waals surface area contributed by atoms with Crippen molar-refractivity contribution in [1.82, 2.24) is 0 Å². The van der Waals surface area contributed by atoms with E-state index in [1.807, 2.05) is 92.0 Å². The second-order valence-electron chi connectivity index (χ2n) is 10.2. The van der Waals surface area contributed by atoms with Crippen molar-refractivity contribution < 1.29 is 93.3 Å². The molecule has 234 valence electrons. The van der Waals surface area contributed by atoms with Crippen molar-refractivity contribution >= 4 is 44.8 Å². The molecule has 1 aromatic heterocycles. The molecule has 0 spiro atoms. The first-order valence-electron chi connectivity index (χ1n) is 14.1. The third-order valence-corrected chi connectivity index (χ3v) is 8.68. The molecule has 0 atom stereocenters. The van der Waals surface area contributed by atoms with Crippen LogP contribution in [0, 0.1) is 0 Å². The van der Waals surface area contributed by atoms with E-state index in [0.717, 1.165) is 58.2 Å². The number of ether oxygens (including phenoxy) is 1. The number of nitrogens with zero attached hydrogens (tertiary/aromatic N) is 2. The number of anilines is 1. The summed E-state index contributed by atoms with van der Waals surface area (Å²) in [4.78, 5) is 1.73. The minimum atomic E-state index is -4.23. The molecule has 46 heavy (non-hydrogen) atoms. The molecule has 13 heteroatoms. The van der Waals surface area contributed by atoms with Crippen LogP contribution in [0.15, 0.2) is 115 Å². The number of allylic oxidation sites excluding steroid dienone is 4. The average molecular weight is 687 g/mol. The number of aryl methyl sites for hydroxylation is 1. The summed E-state index contributed by atoms with van der Waals surface area (Å²) in [7, 11) is -4.23. The van der Waals surface area contributed by atoms with Gasteiger partial charge in [-0.1, -0.05) is 72.3 Å². The molecule has 2 heterocycles. The van der Waals surface area contributed by atoms with Crippen LogP contribution in [0.3, 0.4) is 0 Å². The van der Waals surface area contributed by atoms with E-state index in [0.29, 0.717) is 23.1 Å². The van der Waals surface area contributed by atoms with Gasteiger partial charge >= 0.3 is 51.4 Å². The Hall–Kier alpha value is -2.37. The van der Waals surface area contributed by atoms with E-state index in [2.05, 4.69) is 36.5 Å². The third kappa shape index (κ3) is 9.59. The number of aromatic nitrogens is 1. The second kappa shape index (κ2) is 17.7. The summed E-state index contributed by atoms with van der Waals surface area (Å²) in [5.41, 5.74) is 5.70. The summed E-state index contributed by atoms with van der Waals surface area (Å²) >= 11 is 0.980. The second-order valence-corrected chi connectivity index (χ2v) is 12.6. The van der Waals surface area contributed by atoms with Gasteiger partial charge in [0.1, 0.15) is 6.54 Å². The van der Waals surface area contributed by atoms with Gasteiger partial charge in [-0.05, 0) is 47.9 Å². The van der Waals surface area contributed by atoms with Gasteiger partial charge in [-0.25, -0.2) is 8.42 Å². The quantitative estimate of drug-likeness (QED) is 0.0366. The molecule has 0 N–H and O–H groups in total. The van der Waals surface area contributed by atoms with E-state index in [9.17, 15) is 18.9 Å². The molecule has 4 aromatic rings. The number of hydrogen-bond acceptors (Lipinski definition) is 10. The average Bonchev–Trinajstić information content (AvgIpc) is 3.42. The van der Waals surface area contributed by atoms with Gasteiger partial charge in [-0.3, -0.25) is 5.04 Å². The summed E-state index contributed by atoms with van der Waals surface area (Å²) in [6.45, 7) is 2.68. The molecule has 1 aliphatic rings. The number of benzene rings is 3. The van der Waals surface area contributed by atoms with Crippen LogP contribution < -0.4 is 76.1 Å². The zero-order valence-corrected chi connectivity index (χ0v) is 30.2. The Bertz CT molecular complexity index is 1830. The first-order valence-corrected chi connectivity index (χ1v) is 16.6. The van der Waals surface area contributed by atoms with Gasteiger partial charge < -0.3 is 24.5 Å². The summed E-state index contributed by atoms with van der Waals surface area (Å²) in [6, 6.07) is 25.7. The van der Waals surface area contributed by atoms with Gasteiger partial charge in [0.25, 0.3) is 10.1 Å². The van der Waals surface area contributed by atoms with E-state index in [1.54, 1.807) is 11.0 Å². The Kier molecular flexibility index (Phi) is 14.0. The molecule has 10 nitrogen and oxygen atoms in total. The molecule has 0 unspecified atom stereocenters. The topological polar surface area (TPSA) is 124 Å². The van der Waals surface area contributed by atoms with Gasteiger partial charge in [-0.2, -0.15) is 8.90 Å². The molecular formula is C33H31KN2O8S2. The van der Waals surface area contributed by atoms with Crippen molar-refractivity contribution in [1.29, 1.82) is 0 Å². The fourth-order valence-corrected chi connectivity index (χ4v) is 5.81. The van der Waals surface area contributed by atoms with Crippen molar-refractivity contribution in [3.63, 3.8) is 0 Å². The maximum atomic E-state index is 11.9. The Morgan fingerprint density at radius 3 is 2.59 bits per heavy atom. The summed E-state index contributed by atoms with van der Waals surface area (Å²) in [6.07, 6.45) is 10.5. The zero-order chi connectivity index (χ0) is 31.6. The summed E-state index contributed by atoms with van der Waals surface area (Å²) in [5.74, 6) is 1.13. The fraction of sp³-hybridized carbons (Fsp3) is 0.182. The monoisotopic (exact) mass is 686 g/mol. The Labute approximate surface area is 315 Å². The minimum Gasteiger partial charge on any atom is -0.707 e. The van der Waals surface area contributed by atoms with E-state index < -0.39 is 15.9 Å². The van der Waals surface area contributed by atoms with Crippen molar-refractivity contribution in [2.45, 2.75) is 19.9 Å². The first-order chi connectivity index (χ1) is 21.9.